The summed E-state index contributed by atoms with van der Waals surface area (Å²) in [7, 11) is -3.65. The number of carbonyl (C=O) groups is 1. The number of amides is 1. The van der Waals surface area contributed by atoms with Gasteiger partial charge in [-0.25, -0.2) is 13.1 Å². The van der Waals surface area contributed by atoms with Gasteiger partial charge in [0.05, 0.1) is 10.4 Å². The second-order valence-electron chi connectivity index (χ2n) is 8.38. The van der Waals surface area contributed by atoms with Crippen molar-refractivity contribution in [1.82, 2.24) is 19.3 Å². The molecule has 8 nitrogen and oxygen atoms in total. The molecule has 2 aromatic carbocycles. The van der Waals surface area contributed by atoms with Gasteiger partial charge in [0.2, 0.25) is 15.9 Å². The van der Waals surface area contributed by atoms with E-state index in [1.54, 1.807) is 22.9 Å². The highest BCUT2D eigenvalue weighted by molar-refractivity contribution is 7.89. The predicted molar refractivity (Wildman–Crippen MR) is 124 cm³/mol. The zero-order chi connectivity index (χ0) is 22.9. The van der Waals surface area contributed by atoms with E-state index in [2.05, 4.69) is 22.6 Å². The van der Waals surface area contributed by atoms with Crippen molar-refractivity contribution in [2.45, 2.75) is 51.5 Å². The molecule has 1 aromatic heterocycles. The Bertz CT molecular complexity index is 1240. The van der Waals surface area contributed by atoms with Gasteiger partial charge in [-0.2, -0.15) is 4.31 Å². The van der Waals surface area contributed by atoms with Crippen LogP contribution in [0.3, 0.4) is 0 Å². The van der Waals surface area contributed by atoms with E-state index in [0.29, 0.717) is 31.4 Å². The first-order chi connectivity index (χ1) is 15.3. The lowest BCUT2D eigenvalue weighted by Crippen LogP contribution is -2.41. The summed E-state index contributed by atoms with van der Waals surface area (Å²) >= 11 is 0. The number of sulfonamides is 1. The first-order valence-electron chi connectivity index (χ1n) is 11.0. The summed E-state index contributed by atoms with van der Waals surface area (Å²) in [4.78, 5) is 13.0. The molecule has 32 heavy (non-hydrogen) atoms. The first-order valence-corrected chi connectivity index (χ1v) is 12.5. The Morgan fingerprint density at radius 2 is 1.91 bits per heavy atom. The number of piperidine rings is 1. The molecule has 2 heterocycles. The van der Waals surface area contributed by atoms with Crippen LogP contribution in [0.5, 0.6) is 0 Å². The van der Waals surface area contributed by atoms with Gasteiger partial charge in [-0.3, -0.25) is 4.79 Å². The maximum Gasteiger partial charge on any atom is 0.243 e. The summed E-state index contributed by atoms with van der Waals surface area (Å²) in [5.74, 6) is -0.262. The Kier molecular flexibility index (Phi) is 6.30. The van der Waals surface area contributed by atoms with Crippen molar-refractivity contribution in [3.8, 4) is 0 Å². The normalized spacial score (nSPS) is 15.8. The Labute approximate surface area is 188 Å². The summed E-state index contributed by atoms with van der Waals surface area (Å²) in [5, 5.41) is 11.2. The number of carbonyl (C=O) groups excluding carboxylic acids is 1. The molecule has 9 heteroatoms. The molecule has 1 N–H and O–H groups in total. The van der Waals surface area contributed by atoms with Crippen LogP contribution in [0, 0.1) is 19.8 Å². The molecule has 1 saturated heterocycles. The summed E-state index contributed by atoms with van der Waals surface area (Å²) in [6.45, 7) is 7.41. The molecule has 0 atom stereocenters. The molecule has 0 unspecified atom stereocenters. The molecule has 170 valence electrons. The number of anilines is 1. The number of aryl methyl sites for hydroxylation is 2. The number of rotatable bonds is 6. The summed E-state index contributed by atoms with van der Waals surface area (Å²) in [6.07, 6.45) is 1.90. The SMILES string of the molecule is CCCn1nnc2cc(S(=O)(=O)N3CCC(C(=O)Nc4cccc(C)c4C)CC3)ccc21. The van der Waals surface area contributed by atoms with E-state index in [1.807, 2.05) is 32.0 Å². The van der Waals surface area contributed by atoms with Crippen LogP contribution < -0.4 is 5.32 Å². The number of hydrogen-bond donors (Lipinski definition) is 1. The smallest absolute Gasteiger partial charge is 0.243 e. The third-order valence-electron chi connectivity index (χ3n) is 6.25. The van der Waals surface area contributed by atoms with E-state index in [4.69, 9.17) is 0 Å². The summed E-state index contributed by atoms with van der Waals surface area (Å²) in [6, 6.07) is 10.8. The fourth-order valence-corrected chi connectivity index (χ4v) is 5.61. The van der Waals surface area contributed by atoms with Crippen LogP contribution in [0.2, 0.25) is 0 Å². The van der Waals surface area contributed by atoms with Crippen molar-refractivity contribution in [3.05, 3.63) is 47.5 Å². The average Bonchev–Trinajstić information content (AvgIpc) is 3.19. The Morgan fingerprint density at radius 1 is 1.16 bits per heavy atom. The van der Waals surface area contributed by atoms with Crippen molar-refractivity contribution in [2.24, 2.45) is 5.92 Å². The maximum atomic E-state index is 13.2. The third kappa shape index (κ3) is 4.27. The van der Waals surface area contributed by atoms with E-state index in [9.17, 15) is 13.2 Å². The van der Waals surface area contributed by atoms with Crippen LogP contribution in [-0.4, -0.2) is 46.7 Å². The zero-order valence-electron chi connectivity index (χ0n) is 18.7. The first kappa shape index (κ1) is 22.4. The van der Waals surface area contributed by atoms with E-state index < -0.39 is 10.0 Å². The van der Waals surface area contributed by atoms with Crippen LogP contribution in [0.15, 0.2) is 41.3 Å². The molecule has 1 amide bonds. The molecule has 1 fully saturated rings. The average molecular weight is 456 g/mol. The Hall–Kier alpha value is -2.78. The van der Waals surface area contributed by atoms with Gasteiger partial charge < -0.3 is 5.32 Å². The second-order valence-corrected chi connectivity index (χ2v) is 10.3. The van der Waals surface area contributed by atoms with E-state index in [0.717, 1.165) is 35.3 Å². The summed E-state index contributed by atoms with van der Waals surface area (Å²) in [5.41, 5.74) is 4.38. The zero-order valence-corrected chi connectivity index (χ0v) is 19.5. The minimum Gasteiger partial charge on any atom is -0.326 e. The molecule has 0 spiro atoms. The molecular formula is C23H29N5O3S. The number of benzene rings is 2. The minimum atomic E-state index is -3.65. The van der Waals surface area contributed by atoms with Crippen molar-refractivity contribution in [2.75, 3.05) is 18.4 Å². The monoisotopic (exact) mass is 455 g/mol. The van der Waals surface area contributed by atoms with Crippen molar-refractivity contribution < 1.29 is 13.2 Å². The lowest BCUT2D eigenvalue weighted by atomic mass is 9.97. The standard InChI is InChI=1S/C23H29N5O3S/c1-4-12-28-22-9-8-19(15-21(22)25-26-28)32(30,31)27-13-10-18(11-14-27)23(29)24-20-7-5-6-16(2)17(20)3/h5-9,15,18H,4,10-14H2,1-3H3,(H,24,29). The van der Waals surface area contributed by atoms with Gasteiger partial charge in [0.15, 0.2) is 0 Å². The maximum absolute atomic E-state index is 13.2. The fourth-order valence-electron chi connectivity index (χ4n) is 4.12. The molecule has 0 bridgehead atoms. The molecule has 0 aliphatic carbocycles. The van der Waals surface area contributed by atoms with E-state index >= 15 is 0 Å². The van der Waals surface area contributed by atoms with Crippen molar-refractivity contribution >= 4 is 32.7 Å². The van der Waals surface area contributed by atoms with Crippen LogP contribution in [0.25, 0.3) is 11.0 Å². The summed E-state index contributed by atoms with van der Waals surface area (Å²) < 4.78 is 29.6. The largest absolute Gasteiger partial charge is 0.326 e. The van der Waals surface area contributed by atoms with Crippen LogP contribution in [0.1, 0.15) is 37.3 Å². The lowest BCUT2D eigenvalue weighted by molar-refractivity contribution is -0.120. The third-order valence-corrected chi connectivity index (χ3v) is 8.14. The second kappa shape index (κ2) is 8.99. The minimum absolute atomic E-state index is 0.0512. The van der Waals surface area contributed by atoms with Gasteiger partial charge >= 0.3 is 0 Å². The molecule has 0 saturated carbocycles. The Balaban J connectivity index is 1.43. The fraction of sp³-hybridized carbons (Fsp3) is 0.435. The van der Waals surface area contributed by atoms with Gasteiger partial charge in [0, 0.05) is 31.2 Å². The van der Waals surface area contributed by atoms with Crippen molar-refractivity contribution in [3.63, 3.8) is 0 Å². The van der Waals surface area contributed by atoms with Crippen LogP contribution in [0.4, 0.5) is 5.69 Å². The highest BCUT2D eigenvalue weighted by Crippen LogP contribution is 2.27. The quantitative estimate of drug-likeness (QED) is 0.614. The van der Waals surface area contributed by atoms with Crippen LogP contribution in [-0.2, 0) is 21.4 Å². The predicted octanol–water partition coefficient (Wildman–Crippen LogP) is 3.50. The van der Waals surface area contributed by atoms with Crippen molar-refractivity contribution in [1.29, 1.82) is 0 Å². The number of nitrogens with one attached hydrogen (secondary N) is 1. The van der Waals surface area contributed by atoms with Gasteiger partial charge in [-0.15, -0.1) is 5.10 Å². The molecular weight excluding hydrogens is 426 g/mol. The molecule has 3 aromatic rings. The van der Waals surface area contributed by atoms with E-state index in [-0.39, 0.29) is 16.7 Å². The number of hydrogen-bond acceptors (Lipinski definition) is 5. The number of fused-ring (bicyclic) bond motifs is 1. The van der Waals surface area contributed by atoms with Gasteiger partial charge in [-0.1, -0.05) is 24.3 Å². The molecule has 4 rings (SSSR count). The molecule has 1 aliphatic rings. The van der Waals surface area contributed by atoms with Gasteiger partial charge in [0.25, 0.3) is 0 Å². The number of nitrogens with zero attached hydrogens (tertiary/aromatic N) is 4. The van der Waals surface area contributed by atoms with Gasteiger partial charge in [0.1, 0.15) is 5.52 Å². The van der Waals surface area contributed by atoms with Crippen LogP contribution >= 0.6 is 0 Å². The molecule has 0 radical (unpaired) electrons. The topological polar surface area (TPSA) is 97.2 Å². The lowest BCUT2D eigenvalue weighted by Gasteiger charge is -2.30. The van der Waals surface area contributed by atoms with E-state index in [1.165, 1.54) is 4.31 Å². The number of aromatic nitrogens is 3. The highest BCUT2D eigenvalue weighted by Gasteiger charge is 2.32. The highest BCUT2D eigenvalue weighted by atomic mass is 32.2. The van der Waals surface area contributed by atoms with Gasteiger partial charge in [-0.05, 0) is 68.5 Å². The molecule has 1 aliphatic heterocycles. The Morgan fingerprint density at radius 3 is 2.62 bits per heavy atom.